The van der Waals surface area contributed by atoms with Crippen molar-refractivity contribution in [1.29, 1.82) is 0 Å². The minimum atomic E-state index is -0.219. The minimum absolute atomic E-state index is 0. The van der Waals surface area contributed by atoms with Gasteiger partial charge in [0, 0.05) is 39.8 Å². The molecule has 0 aromatic heterocycles. The first-order chi connectivity index (χ1) is 13.7. The number of nitrogens with zero attached hydrogens (tertiary/aromatic N) is 4. The summed E-state index contributed by atoms with van der Waals surface area (Å²) in [5.74, 6) is 0.906. The zero-order valence-electron chi connectivity index (χ0n) is 17.5. The van der Waals surface area contributed by atoms with Crippen LogP contribution in [0.3, 0.4) is 0 Å². The predicted octanol–water partition coefficient (Wildman–Crippen LogP) is 2.79. The van der Waals surface area contributed by atoms with Crippen molar-refractivity contribution in [3.63, 3.8) is 0 Å². The predicted molar refractivity (Wildman–Crippen MR) is 127 cm³/mol. The zero-order chi connectivity index (χ0) is 19.8. The molecule has 2 heterocycles. The molecule has 0 aliphatic carbocycles. The van der Waals surface area contributed by atoms with Crippen LogP contribution in [0.1, 0.15) is 31.4 Å². The van der Waals surface area contributed by atoms with E-state index in [-0.39, 0.29) is 30.1 Å². The summed E-state index contributed by atoms with van der Waals surface area (Å²) in [5, 5.41) is 3.58. The van der Waals surface area contributed by atoms with Crippen molar-refractivity contribution in [2.24, 2.45) is 4.99 Å². The van der Waals surface area contributed by atoms with E-state index in [2.05, 4.69) is 50.4 Å². The van der Waals surface area contributed by atoms with Crippen molar-refractivity contribution in [1.82, 2.24) is 20.0 Å². The number of nitrogens with one attached hydrogen (secondary N) is 1. The molecule has 7 nitrogen and oxygen atoms in total. The third kappa shape index (κ3) is 6.47. The van der Waals surface area contributed by atoms with Gasteiger partial charge in [0.2, 0.25) is 0 Å². The average molecular weight is 515 g/mol. The Bertz CT molecular complexity index is 644. The molecule has 2 aliphatic rings. The van der Waals surface area contributed by atoms with Crippen molar-refractivity contribution in [3.05, 3.63) is 35.9 Å². The van der Waals surface area contributed by atoms with Crippen molar-refractivity contribution < 1.29 is 9.53 Å². The van der Waals surface area contributed by atoms with Gasteiger partial charge in [0.15, 0.2) is 5.96 Å². The lowest BCUT2D eigenvalue weighted by molar-refractivity contribution is 0.0913. The third-order valence-corrected chi connectivity index (χ3v) is 5.54. The first-order valence-corrected chi connectivity index (χ1v) is 10.4. The highest BCUT2D eigenvalue weighted by Gasteiger charge is 2.26. The molecular weight excluding hydrogens is 481 g/mol. The Morgan fingerprint density at radius 1 is 1.07 bits per heavy atom. The van der Waals surface area contributed by atoms with Crippen LogP contribution in [0.15, 0.2) is 35.3 Å². The van der Waals surface area contributed by atoms with Crippen LogP contribution in [0.25, 0.3) is 0 Å². The largest absolute Gasteiger partial charge is 0.450 e. The number of ether oxygens (including phenoxy) is 1. The SMILES string of the molecule is CCOC(=O)N1CCN(C(=NC)NCC(c2ccccc2)N2CCCC2)CC1.I. The highest BCUT2D eigenvalue weighted by atomic mass is 127. The van der Waals surface area contributed by atoms with E-state index >= 15 is 0 Å². The molecule has 1 unspecified atom stereocenters. The Kier molecular flexibility index (Phi) is 9.99. The number of halogens is 1. The zero-order valence-corrected chi connectivity index (χ0v) is 19.9. The summed E-state index contributed by atoms with van der Waals surface area (Å²) in [6, 6.07) is 11.1. The molecule has 0 saturated carbocycles. The molecule has 2 fully saturated rings. The third-order valence-electron chi connectivity index (χ3n) is 5.54. The lowest BCUT2D eigenvalue weighted by atomic mass is 10.1. The smallest absolute Gasteiger partial charge is 0.409 e. The molecular formula is C21H34IN5O2. The summed E-state index contributed by atoms with van der Waals surface area (Å²) in [4.78, 5) is 22.9. The molecule has 1 N–H and O–H groups in total. The van der Waals surface area contributed by atoms with Gasteiger partial charge in [-0.05, 0) is 38.4 Å². The van der Waals surface area contributed by atoms with E-state index in [9.17, 15) is 4.79 Å². The number of aliphatic imine (C=N–C) groups is 1. The van der Waals surface area contributed by atoms with Crippen LogP contribution in [0.4, 0.5) is 4.79 Å². The highest BCUT2D eigenvalue weighted by Crippen LogP contribution is 2.24. The number of likely N-dealkylation sites (tertiary alicyclic amines) is 1. The standard InChI is InChI=1S/C21H33N5O2.HI/c1-3-28-21(27)26-15-13-25(14-16-26)20(22-2)23-17-19(24-11-7-8-12-24)18-9-5-4-6-10-18;/h4-6,9-10,19H,3,7-8,11-17H2,1-2H3,(H,22,23);1H. The second-order valence-electron chi connectivity index (χ2n) is 7.27. The maximum absolute atomic E-state index is 11.9. The van der Waals surface area contributed by atoms with Crippen LogP contribution in [0.2, 0.25) is 0 Å². The fourth-order valence-corrected chi connectivity index (χ4v) is 4.02. The normalized spacial score (nSPS) is 18.9. The van der Waals surface area contributed by atoms with Gasteiger partial charge >= 0.3 is 6.09 Å². The molecule has 162 valence electrons. The molecule has 29 heavy (non-hydrogen) atoms. The van der Waals surface area contributed by atoms with Crippen LogP contribution < -0.4 is 5.32 Å². The van der Waals surface area contributed by atoms with Crippen molar-refractivity contribution in [2.75, 3.05) is 59.5 Å². The van der Waals surface area contributed by atoms with Crippen LogP contribution in [0.5, 0.6) is 0 Å². The molecule has 3 rings (SSSR count). The van der Waals surface area contributed by atoms with Gasteiger partial charge in [-0.1, -0.05) is 30.3 Å². The minimum Gasteiger partial charge on any atom is -0.450 e. The summed E-state index contributed by atoms with van der Waals surface area (Å²) >= 11 is 0. The lowest BCUT2D eigenvalue weighted by Gasteiger charge is -2.37. The molecule has 2 aliphatic heterocycles. The second-order valence-corrected chi connectivity index (χ2v) is 7.27. The maximum Gasteiger partial charge on any atom is 0.409 e. The average Bonchev–Trinajstić information content (AvgIpc) is 3.27. The Hall–Kier alpha value is -1.55. The molecule has 0 bridgehead atoms. The monoisotopic (exact) mass is 515 g/mol. The molecule has 1 atom stereocenters. The Morgan fingerprint density at radius 2 is 1.69 bits per heavy atom. The number of hydrogen-bond acceptors (Lipinski definition) is 4. The quantitative estimate of drug-likeness (QED) is 0.372. The van der Waals surface area contributed by atoms with Gasteiger partial charge in [0.1, 0.15) is 0 Å². The van der Waals surface area contributed by atoms with Gasteiger partial charge in [0.25, 0.3) is 0 Å². The molecule has 1 aromatic rings. The first kappa shape index (κ1) is 23.7. The Morgan fingerprint density at radius 3 is 2.28 bits per heavy atom. The van der Waals surface area contributed by atoms with Crippen LogP contribution in [0, 0.1) is 0 Å². The summed E-state index contributed by atoms with van der Waals surface area (Å²) < 4.78 is 5.11. The first-order valence-electron chi connectivity index (χ1n) is 10.4. The lowest BCUT2D eigenvalue weighted by Crippen LogP contribution is -2.54. The molecule has 1 amide bonds. The number of guanidine groups is 1. The van der Waals surface area contributed by atoms with Crippen LogP contribution >= 0.6 is 24.0 Å². The van der Waals surface area contributed by atoms with Gasteiger partial charge in [0.05, 0.1) is 12.6 Å². The van der Waals surface area contributed by atoms with E-state index in [1.807, 2.05) is 14.0 Å². The maximum atomic E-state index is 11.9. The van der Waals surface area contributed by atoms with Gasteiger partial charge in [-0.15, -0.1) is 24.0 Å². The molecule has 2 saturated heterocycles. The molecule has 0 radical (unpaired) electrons. The van der Waals surface area contributed by atoms with Crippen molar-refractivity contribution in [2.45, 2.75) is 25.8 Å². The second kappa shape index (κ2) is 12.2. The number of carbonyl (C=O) groups excluding carboxylic acids is 1. The van der Waals surface area contributed by atoms with Crippen molar-refractivity contribution in [3.8, 4) is 0 Å². The van der Waals surface area contributed by atoms with E-state index in [0.29, 0.717) is 25.7 Å². The summed E-state index contributed by atoms with van der Waals surface area (Å²) in [6.07, 6.45) is 2.32. The van der Waals surface area contributed by atoms with Crippen molar-refractivity contribution >= 4 is 36.0 Å². The Balaban J connectivity index is 0.00000300. The van der Waals surface area contributed by atoms with Crippen LogP contribution in [-0.4, -0.2) is 86.2 Å². The number of hydrogen-bond donors (Lipinski definition) is 1. The summed E-state index contributed by atoms with van der Waals surface area (Å²) in [7, 11) is 1.83. The fraction of sp³-hybridized carbons (Fsp3) is 0.619. The van der Waals surface area contributed by atoms with E-state index in [1.54, 1.807) is 4.90 Å². The molecule has 0 spiro atoms. The fourth-order valence-electron chi connectivity index (χ4n) is 4.02. The van der Waals surface area contributed by atoms with Gasteiger partial charge in [-0.2, -0.15) is 0 Å². The van der Waals surface area contributed by atoms with Gasteiger partial charge in [-0.3, -0.25) is 9.89 Å². The van der Waals surface area contributed by atoms with E-state index in [1.165, 1.54) is 18.4 Å². The van der Waals surface area contributed by atoms with Gasteiger partial charge in [-0.25, -0.2) is 4.79 Å². The topological polar surface area (TPSA) is 60.4 Å². The van der Waals surface area contributed by atoms with Crippen LogP contribution in [-0.2, 0) is 4.74 Å². The molecule has 8 heteroatoms. The highest BCUT2D eigenvalue weighted by molar-refractivity contribution is 14.0. The number of benzene rings is 1. The molecule has 1 aromatic carbocycles. The van der Waals surface area contributed by atoms with Gasteiger partial charge < -0.3 is 19.9 Å². The number of amides is 1. The van der Waals surface area contributed by atoms with E-state index < -0.39 is 0 Å². The summed E-state index contributed by atoms with van der Waals surface area (Å²) in [6.45, 7) is 8.23. The van der Waals surface area contributed by atoms with E-state index in [0.717, 1.165) is 38.7 Å². The summed E-state index contributed by atoms with van der Waals surface area (Å²) in [5.41, 5.74) is 1.35. The number of carbonyl (C=O) groups is 1. The Labute approximate surface area is 191 Å². The van der Waals surface area contributed by atoms with E-state index in [4.69, 9.17) is 4.74 Å². The number of rotatable bonds is 5. The number of piperazine rings is 1.